The van der Waals surface area contributed by atoms with E-state index in [0.717, 1.165) is 12.3 Å². The van der Waals surface area contributed by atoms with E-state index >= 15 is 0 Å². The molecular weight excluding hydrogens is 294 g/mol. The highest BCUT2D eigenvalue weighted by molar-refractivity contribution is 4.93. The lowest BCUT2D eigenvalue weighted by Crippen LogP contribution is -2.51. The molecule has 0 aliphatic carbocycles. The minimum Gasteiger partial charge on any atom is -0.379 e. The van der Waals surface area contributed by atoms with Crippen LogP contribution in [0.2, 0.25) is 0 Å². The van der Waals surface area contributed by atoms with Gasteiger partial charge in [-0.3, -0.25) is 4.90 Å². The molecule has 1 aliphatic heterocycles. The zero-order valence-corrected chi connectivity index (χ0v) is 18.4. The average molecular weight is 340 g/mol. The predicted octanol–water partition coefficient (Wildman–Crippen LogP) is 6.14. The fraction of sp³-hybridized carbons (Fsp3) is 1.00. The van der Waals surface area contributed by atoms with Crippen LogP contribution in [0.1, 0.15) is 94.4 Å². The number of rotatable bonds is 8. The Bertz CT molecular complexity index is 349. The number of hydrogen-bond acceptors (Lipinski definition) is 2. The molecular formula is C22H45NO. The first-order valence-electron chi connectivity index (χ1n) is 10.0. The number of likely N-dealkylation sites (tertiary alicyclic amines) is 1. The normalized spacial score (nSPS) is 19.8. The lowest BCUT2D eigenvalue weighted by Gasteiger charge is -2.49. The predicted molar refractivity (Wildman–Crippen MR) is 107 cm³/mol. The van der Waals surface area contributed by atoms with Gasteiger partial charge in [-0.25, -0.2) is 0 Å². The van der Waals surface area contributed by atoms with E-state index in [4.69, 9.17) is 4.74 Å². The zero-order valence-electron chi connectivity index (χ0n) is 18.4. The molecule has 1 heterocycles. The Labute approximate surface area is 152 Å². The first-order chi connectivity index (χ1) is 10.7. The zero-order chi connectivity index (χ0) is 18.8. The fourth-order valence-electron chi connectivity index (χ4n) is 4.99. The van der Waals surface area contributed by atoms with Crippen molar-refractivity contribution in [3.63, 3.8) is 0 Å². The van der Waals surface area contributed by atoms with Gasteiger partial charge in [0.25, 0.3) is 0 Å². The second-order valence-corrected chi connectivity index (χ2v) is 10.9. The van der Waals surface area contributed by atoms with E-state index in [1.54, 1.807) is 0 Å². The molecule has 0 aromatic heterocycles. The van der Waals surface area contributed by atoms with E-state index in [1.807, 2.05) is 7.11 Å². The molecule has 0 aromatic carbocycles. The van der Waals surface area contributed by atoms with Crippen molar-refractivity contribution < 1.29 is 4.74 Å². The summed E-state index contributed by atoms with van der Waals surface area (Å²) in [5, 5.41) is 0. The molecule has 2 heteroatoms. The molecule has 0 spiro atoms. The van der Waals surface area contributed by atoms with Crippen LogP contribution in [0.25, 0.3) is 0 Å². The Balaban J connectivity index is 2.66. The second-order valence-electron chi connectivity index (χ2n) is 10.9. The van der Waals surface area contributed by atoms with Crippen LogP contribution >= 0.6 is 0 Å². The van der Waals surface area contributed by atoms with Gasteiger partial charge < -0.3 is 4.74 Å². The summed E-state index contributed by atoms with van der Waals surface area (Å²) in [6.07, 6.45) is 6.31. The van der Waals surface area contributed by atoms with Crippen molar-refractivity contribution in [2.24, 2.45) is 16.7 Å². The van der Waals surface area contributed by atoms with Gasteiger partial charge in [0.15, 0.2) is 0 Å². The lowest BCUT2D eigenvalue weighted by molar-refractivity contribution is -0.0438. The van der Waals surface area contributed by atoms with Crippen LogP contribution in [-0.2, 0) is 4.74 Å². The maximum atomic E-state index is 5.70. The third-order valence-electron chi connectivity index (χ3n) is 6.76. The van der Waals surface area contributed by atoms with Crippen LogP contribution in [0, 0.1) is 16.7 Å². The van der Waals surface area contributed by atoms with E-state index in [1.165, 1.54) is 38.8 Å². The maximum absolute atomic E-state index is 5.70. The molecule has 0 atom stereocenters. The smallest absolute Gasteiger partial charge is 0.0627 e. The third kappa shape index (κ3) is 6.02. The Morgan fingerprint density at radius 2 is 1.38 bits per heavy atom. The first-order valence-corrected chi connectivity index (χ1v) is 10.0. The topological polar surface area (TPSA) is 12.5 Å². The molecule has 1 fully saturated rings. The van der Waals surface area contributed by atoms with Crippen molar-refractivity contribution in [2.75, 3.05) is 20.2 Å². The van der Waals surface area contributed by atoms with Crippen molar-refractivity contribution in [3.05, 3.63) is 0 Å². The number of piperidine rings is 1. The molecule has 0 saturated carbocycles. The minimum atomic E-state index is -0.0228. The summed E-state index contributed by atoms with van der Waals surface area (Å²) in [6.45, 7) is 23.9. The number of hydrogen-bond donors (Lipinski definition) is 0. The minimum absolute atomic E-state index is 0.0228. The van der Waals surface area contributed by atoms with Gasteiger partial charge in [-0.2, -0.15) is 0 Å². The van der Waals surface area contributed by atoms with Crippen molar-refractivity contribution in [3.8, 4) is 0 Å². The summed E-state index contributed by atoms with van der Waals surface area (Å²) in [7, 11) is 1.84. The van der Waals surface area contributed by atoms with Crippen LogP contribution in [-0.4, -0.2) is 36.2 Å². The van der Waals surface area contributed by atoms with Crippen molar-refractivity contribution in [1.82, 2.24) is 4.90 Å². The molecule has 1 saturated heterocycles. The first kappa shape index (κ1) is 22.0. The third-order valence-corrected chi connectivity index (χ3v) is 6.76. The molecule has 0 amide bonds. The van der Waals surface area contributed by atoms with E-state index in [-0.39, 0.29) is 5.60 Å². The van der Waals surface area contributed by atoms with Crippen LogP contribution in [0.3, 0.4) is 0 Å². The van der Waals surface area contributed by atoms with Gasteiger partial charge in [0, 0.05) is 12.6 Å². The molecule has 2 nitrogen and oxygen atoms in total. The van der Waals surface area contributed by atoms with Gasteiger partial charge in [-0.15, -0.1) is 0 Å². The average Bonchev–Trinajstić information content (AvgIpc) is 2.45. The molecule has 24 heavy (non-hydrogen) atoms. The summed E-state index contributed by atoms with van der Waals surface area (Å²) in [5.41, 5.74) is 1.06. The number of methoxy groups -OCH3 is 1. The van der Waals surface area contributed by atoms with Gasteiger partial charge in [-0.05, 0) is 83.2 Å². The van der Waals surface area contributed by atoms with E-state index in [9.17, 15) is 0 Å². The number of ether oxygens (including phenoxy) is 1. The molecule has 1 rings (SSSR count). The fourth-order valence-corrected chi connectivity index (χ4v) is 4.99. The summed E-state index contributed by atoms with van der Waals surface area (Å²) in [4.78, 5) is 2.75. The largest absolute Gasteiger partial charge is 0.379 e. The molecule has 0 unspecified atom stereocenters. The second kappa shape index (κ2) is 7.66. The Hall–Kier alpha value is -0.0800. The summed E-state index contributed by atoms with van der Waals surface area (Å²) < 4.78 is 5.70. The highest BCUT2D eigenvalue weighted by Crippen LogP contribution is 2.43. The molecule has 0 N–H and O–H groups in total. The van der Waals surface area contributed by atoms with Gasteiger partial charge in [-0.1, -0.05) is 41.0 Å². The quantitative estimate of drug-likeness (QED) is 0.526. The Kier molecular flexibility index (Phi) is 7.01. The van der Waals surface area contributed by atoms with E-state index < -0.39 is 0 Å². The molecule has 0 radical (unpaired) electrons. The highest BCUT2D eigenvalue weighted by Gasteiger charge is 2.40. The van der Waals surface area contributed by atoms with Gasteiger partial charge in [0.2, 0.25) is 0 Å². The van der Waals surface area contributed by atoms with Crippen molar-refractivity contribution in [1.29, 1.82) is 0 Å². The van der Waals surface area contributed by atoms with Gasteiger partial charge >= 0.3 is 0 Å². The standard InChI is InChI=1S/C22H45NO/c1-11-19(2,3)16-21(6,7)23-14-12-18(13-15-23)20(4,5)17-22(8,9)24-10/h18H,11-17H2,1-10H3. The summed E-state index contributed by atoms with van der Waals surface area (Å²) >= 11 is 0. The van der Waals surface area contributed by atoms with Crippen LogP contribution in [0.5, 0.6) is 0 Å². The molecule has 0 aromatic rings. The van der Waals surface area contributed by atoms with E-state index in [0.29, 0.717) is 16.4 Å². The van der Waals surface area contributed by atoms with Crippen LogP contribution < -0.4 is 0 Å². The Morgan fingerprint density at radius 3 is 1.79 bits per heavy atom. The maximum Gasteiger partial charge on any atom is 0.0627 e. The van der Waals surface area contributed by atoms with Crippen LogP contribution in [0.4, 0.5) is 0 Å². The van der Waals surface area contributed by atoms with Crippen LogP contribution in [0.15, 0.2) is 0 Å². The number of nitrogens with zero attached hydrogens (tertiary/aromatic N) is 1. The summed E-state index contributed by atoms with van der Waals surface area (Å²) in [5.74, 6) is 0.804. The molecule has 1 aliphatic rings. The van der Waals surface area contributed by atoms with Gasteiger partial charge in [0.05, 0.1) is 5.60 Å². The van der Waals surface area contributed by atoms with E-state index in [2.05, 4.69) is 67.2 Å². The Morgan fingerprint density at radius 1 is 0.875 bits per heavy atom. The highest BCUT2D eigenvalue weighted by atomic mass is 16.5. The lowest BCUT2D eigenvalue weighted by atomic mass is 9.68. The van der Waals surface area contributed by atoms with Crippen molar-refractivity contribution >= 4 is 0 Å². The van der Waals surface area contributed by atoms with Crippen molar-refractivity contribution in [2.45, 2.75) is 106 Å². The molecule has 144 valence electrons. The monoisotopic (exact) mass is 339 g/mol. The SMILES string of the molecule is CCC(C)(C)CC(C)(C)N1CCC(C(C)(C)CC(C)(C)OC)CC1. The van der Waals surface area contributed by atoms with Gasteiger partial charge in [0.1, 0.15) is 0 Å². The molecule has 0 bridgehead atoms. The summed E-state index contributed by atoms with van der Waals surface area (Å²) in [6, 6.07) is 0.